The van der Waals surface area contributed by atoms with Crippen molar-refractivity contribution in [3.05, 3.63) is 17.8 Å². The largest absolute Gasteiger partial charge is 0.392 e. The van der Waals surface area contributed by atoms with E-state index in [-0.39, 0.29) is 18.1 Å². The summed E-state index contributed by atoms with van der Waals surface area (Å²) < 4.78 is 0. The van der Waals surface area contributed by atoms with Crippen molar-refractivity contribution >= 4 is 11.7 Å². The van der Waals surface area contributed by atoms with E-state index < -0.39 is 6.10 Å². The second-order valence-corrected chi connectivity index (χ2v) is 3.48. The van der Waals surface area contributed by atoms with Gasteiger partial charge in [-0.2, -0.15) is 0 Å². The molecule has 1 heterocycles. The molecule has 0 saturated heterocycles. The van der Waals surface area contributed by atoms with Gasteiger partial charge in [0.2, 0.25) is 0 Å². The van der Waals surface area contributed by atoms with E-state index in [1.807, 2.05) is 0 Å². The molecule has 0 aromatic carbocycles. The number of nitrogens with one attached hydrogen (secondary N) is 1. The van der Waals surface area contributed by atoms with E-state index in [4.69, 9.17) is 10.9 Å². The van der Waals surface area contributed by atoms with E-state index in [1.165, 1.54) is 11.0 Å². The van der Waals surface area contributed by atoms with Gasteiger partial charge in [-0.3, -0.25) is 4.79 Å². The average molecular weight is 225 g/mol. The Hall–Kier alpha value is -1.73. The number of carbonyl (C=O) groups excluding carboxylic acids is 1. The summed E-state index contributed by atoms with van der Waals surface area (Å²) in [5.41, 5.74) is 2.53. The average Bonchev–Trinajstić information content (AvgIpc) is 2.27. The van der Waals surface area contributed by atoms with Crippen LogP contribution >= 0.6 is 0 Å². The Bertz CT molecular complexity index is 351. The fraction of sp³-hybridized carbons (Fsp3) is 0.444. The molecule has 1 unspecified atom stereocenters. The molecular weight excluding hydrogens is 210 g/mol. The maximum atomic E-state index is 11.7. The third-order valence-electron chi connectivity index (χ3n) is 1.92. The van der Waals surface area contributed by atoms with Crippen LogP contribution in [0.15, 0.2) is 12.1 Å². The van der Waals surface area contributed by atoms with E-state index in [1.54, 1.807) is 20.0 Å². The maximum Gasteiger partial charge on any atom is 0.274 e. The first-order chi connectivity index (χ1) is 7.54. The predicted octanol–water partition coefficient (Wildman–Crippen LogP) is -0.785. The highest BCUT2D eigenvalue weighted by Crippen LogP contribution is 2.03. The number of anilines is 1. The number of nitrogens with zero attached hydrogens (tertiary/aromatic N) is 3. The fourth-order valence-corrected chi connectivity index (χ4v) is 1.20. The lowest BCUT2D eigenvalue weighted by Gasteiger charge is -2.17. The second kappa shape index (κ2) is 5.38. The summed E-state index contributed by atoms with van der Waals surface area (Å²) in [7, 11) is 1.59. The minimum Gasteiger partial charge on any atom is -0.392 e. The number of nitrogens with two attached hydrogens (primary N) is 1. The number of rotatable bonds is 4. The van der Waals surface area contributed by atoms with Crippen LogP contribution in [0.5, 0.6) is 0 Å². The number of aromatic nitrogens is 2. The summed E-state index contributed by atoms with van der Waals surface area (Å²) in [6.07, 6.45) is -0.577. The molecule has 4 N–H and O–H groups in total. The highest BCUT2D eigenvalue weighted by molar-refractivity contribution is 5.92. The van der Waals surface area contributed by atoms with Crippen molar-refractivity contribution in [1.29, 1.82) is 0 Å². The molecule has 0 aliphatic heterocycles. The van der Waals surface area contributed by atoms with Crippen LogP contribution in [0.1, 0.15) is 17.4 Å². The van der Waals surface area contributed by atoms with Crippen molar-refractivity contribution in [2.45, 2.75) is 13.0 Å². The molecule has 16 heavy (non-hydrogen) atoms. The molecule has 1 amide bonds. The van der Waals surface area contributed by atoms with Crippen molar-refractivity contribution in [3.8, 4) is 0 Å². The molecule has 0 radical (unpaired) electrons. The van der Waals surface area contributed by atoms with Gasteiger partial charge in [-0.1, -0.05) is 0 Å². The Morgan fingerprint density at radius 3 is 2.75 bits per heavy atom. The lowest BCUT2D eigenvalue weighted by molar-refractivity contribution is 0.0697. The van der Waals surface area contributed by atoms with Crippen molar-refractivity contribution in [3.63, 3.8) is 0 Å². The summed E-state index contributed by atoms with van der Waals surface area (Å²) in [6.45, 7) is 1.86. The molecule has 0 fully saturated rings. The second-order valence-electron chi connectivity index (χ2n) is 3.48. The van der Waals surface area contributed by atoms with Crippen LogP contribution in [0.4, 0.5) is 5.82 Å². The third kappa shape index (κ3) is 3.14. The Labute approximate surface area is 93.2 Å². The van der Waals surface area contributed by atoms with Gasteiger partial charge in [-0.25, -0.2) is 5.84 Å². The normalized spacial score (nSPS) is 12.0. The van der Waals surface area contributed by atoms with Crippen molar-refractivity contribution < 1.29 is 9.90 Å². The van der Waals surface area contributed by atoms with Crippen molar-refractivity contribution in [2.24, 2.45) is 5.84 Å². The van der Waals surface area contributed by atoms with E-state index in [0.717, 1.165) is 0 Å². The summed E-state index contributed by atoms with van der Waals surface area (Å²) >= 11 is 0. The number of hydrazine groups is 1. The first-order valence-electron chi connectivity index (χ1n) is 4.78. The number of hydrogen-bond donors (Lipinski definition) is 3. The highest BCUT2D eigenvalue weighted by Gasteiger charge is 2.14. The number of carbonyl (C=O) groups is 1. The molecule has 0 spiro atoms. The number of likely N-dealkylation sites (N-methyl/N-ethyl adjacent to an activating group) is 1. The standard InChI is InChI=1S/C9H15N5O2/c1-6(15)5-14(2)9(16)7-3-4-8(11-10)13-12-7/h3-4,6,15H,5,10H2,1-2H3,(H,11,13). The fourth-order valence-electron chi connectivity index (χ4n) is 1.20. The van der Waals surface area contributed by atoms with Crippen LogP contribution in [0.2, 0.25) is 0 Å². The van der Waals surface area contributed by atoms with Crippen LogP contribution < -0.4 is 11.3 Å². The van der Waals surface area contributed by atoms with Crippen LogP contribution in [-0.4, -0.2) is 45.8 Å². The van der Waals surface area contributed by atoms with Gasteiger partial charge in [0.05, 0.1) is 6.10 Å². The molecule has 1 atom stereocenters. The molecule has 7 heteroatoms. The molecule has 0 saturated carbocycles. The van der Waals surface area contributed by atoms with Gasteiger partial charge in [-0.15, -0.1) is 10.2 Å². The van der Waals surface area contributed by atoms with Crippen LogP contribution in [0, 0.1) is 0 Å². The maximum absolute atomic E-state index is 11.7. The molecule has 7 nitrogen and oxygen atoms in total. The Morgan fingerprint density at radius 1 is 1.62 bits per heavy atom. The Balaban J connectivity index is 2.72. The summed E-state index contributed by atoms with van der Waals surface area (Å²) in [6, 6.07) is 3.07. The highest BCUT2D eigenvalue weighted by atomic mass is 16.3. The molecule has 1 aromatic rings. The monoisotopic (exact) mass is 225 g/mol. The van der Waals surface area contributed by atoms with Crippen molar-refractivity contribution in [2.75, 3.05) is 19.0 Å². The third-order valence-corrected chi connectivity index (χ3v) is 1.92. The minimum absolute atomic E-state index is 0.210. The zero-order valence-corrected chi connectivity index (χ0v) is 9.21. The van der Waals surface area contributed by atoms with E-state index in [0.29, 0.717) is 5.82 Å². The molecule has 0 bridgehead atoms. The zero-order chi connectivity index (χ0) is 12.1. The van der Waals surface area contributed by atoms with Crippen LogP contribution in [0.3, 0.4) is 0 Å². The van der Waals surface area contributed by atoms with Gasteiger partial charge in [0, 0.05) is 13.6 Å². The topological polar surface area (TPSA) is 104 Å². The number of nitrogen functional groups attached to an aromatic ring is 1. The lowest BCUT2D eigenvalue weighted by atomic mass is 10.3. The van der Waals surface area contributed by atoms with Crippen LogP contribution in [-0.2, 0) is 0 Å². The quantitative estimate of drug-likeness (QED) is 0.458. The Morgan fingerprint density at radius 2 is 2.31 bits per heavy atom. The number of aliphatic hydroxyl groups is 1. The summed E-state index contributed by atoms with van der Waals surface area (Å²) in [5.74, 6) is 5.21. The Kier molecular flexibility index (Phi) is 4.15. The number of hydrogen-bond acceptors (Lipinski definition) is 6. The predicted molar refractivity (Wildman–Crippen MR) is 58.5 cm³/mol. The summed E-state index contributed by atoms with van der Waals surface area (Å²) in [4.78, 5) is 13.1. The molecule has 0 aliphatic rings. The van der Waals surface area contributed by atoms with Gasteiger partial charge >= 0.3 is 0 Å². The van der Waals surface area contributed by atoms with Gasteiger partial charge in [0.1, 0.15) is 0 Å². The molecule has 1 rings (SSSR count). The van der Waals surface area contributed by atoms with E-state index in [2.05, 4.69) is 15.6 Å². The first-order valence-corrected chi connectivity index (χ1v) is 4.78. The smallest absolute Gasteiger partial charge is 0.274 e. The van der Waals surface area contributed by atoms with Gasteiger partial charge in [0.25, 0.3) is 5.91 Å². The molecule has 1 aromatic heterocycles. The molecule has 88 valence electrons. The SMILES string of the molecule is CC(O)CN(C)C(=O)c1ccc(NN)nn1. The molecular formula is C9H15N5O2. The zero-order valence-electron chi connectivity index (χ0n) is 9.21. The number of amides is 1. The summed E-state index contributed by atoms with van der Waals surface area (Å²) in [5, 5.41) is 16.5. The lowest BCUT2D eigenvalue weighted by Crippen LogP contribution is -2.33. The van der Waals surface area contributed by atoms with Gasteiger partial charge < -0.3 is 15.4 Å². The van der Waals surface area contributed by atoms with Crippen molar-refractivity contribution in [1.82, 2.24) is 15.1 Å². The minimum atomic E-state index is -0.577. The first kappa shape index (κ1) is 12.3. The van der Waals surface area contributed by atoms with Crippen LogP contribution in [0.25, 0.3) is 0 Å². The van der Waals surface area contributed by atoms with Gasteiger partial charge in [-0.05, 0) is 19.1 Å². The molecule has 0 aliphatic carbocycles. The number of aliphatic hydroxyl groups excluding tert-OH is 1. The van der Waals surface area contributed by atoms with Gasteiger partial charge in [0.15, 0.2) is 11.5 Å². The van der Waals surface area contributed by atoms with E-state index >= 15 is 0 Å². The van der Waals surface area contributed by atoms with E-state index in [9.17, 15) is 4.79 Å².